The van der Waals surface area contributed by atoms with Crippen LogP contribution in [0.25, 0.3) is 53.9 Å². The summed E-state index contributed by atoms with van der Waals surface area (Å²) >= 11 is 1.93. The summed E-state index contributed by atoms with van der Waals surface area (Å²) in [5, 5.41) is 1.38. The quantitative estimate of drug-likeness (QED) is 0.174. The zero-order chi connectivity index (χ0) is 33.0. The number of hydrogen-bond acceptors (Lipinski definition) is 2. The third kappa shape index (κ3) is 4.99. The van der Waals surface area contributed by atoms with Crippen LogP contribution in [-0.2, 0) is 5.41 Å². The van der Waals surface area contributed by atoms with Gasteiger partial charge in [0, 0.05) is 32.1 Å². The van der Waals surface area contributed by atoms with Crippen molar-refractivity contribution in [2.45, 2.75) is 19.3 Å². The Balaban J connectivity index is 1.16. The predicted molar refractivity (Wildman–Crippen MR) is 210 cm³/mol. The van der Waals surface area contributed by atoms with Crippen LogP contribution in [0, 0.1) is 0 Å². The molecule has 1 aliphatic carbocycles. The zero-order valence-corrected chi connectivity index (χ0v) is 28.4. The second-order valence-corrected chi connectivity index (χ2v) is 14.4. The van der Waals surface area contributed by atoms with Gasteiger partial charge in [-0.1, -0.05) is 147 Å². The number of nitrogens with zero attached hydrogens (tertiary/aromatic N) is 1. The Labute approximate surface area is 292 Å². The van der Waals surface area contributed by atoms with Gasteiger partial charge < -0.3 is 4.90 Å². The minimum atomic E-state index is -0.114. The van der Waals surface area contributed by atoms with Gasteiger partial charge in [0.05, 0.1) is 0 Å². The van der Waals surface area contributed by atoms with Gasteiger partial charge in [0.1, 0.15) is 0 Å². The highest BCUT2D eigenvalue weighted by Gasteiger charge is 2.40. The van der Waals surface area contributed by atoms with Crippen LogP contribution >= 0.6 is 11.3 Å². The first-order chi connectivity index (χ1) is 24.1. The van der Waals surface area contributed by atoms with E-state index in [4.69, 9.17) is 0 Å². The van der Waals surface area contributed by atoms with Crippen LogP contribution in [0.4, 0.5) is 17.1 Å². The first-order valence-corrected chi connectivity index (χ1v) is 17.8. The minimum Gasteiger partial charge on any atom is -0.310 e. The summed E-state index contributed by atoms with van der Waals surface area (Å²) in [7, 11) is 0. The number of hydrogen-bond donors (Lipinski definition) is 0. The van der Waals surface area contributed by atoms with Gasteiger partial charge in [-0.15, -0.1) is 11.3 Å². The van der Waals surface area contributed by atoms with E-state index in [-0.39, 0.29) is 5.41 Å². The molecule has 0 bridgehead atoms. The fourth-order valence-electron chi connectivity index (χ4n) is 7.76. The highest BCUT2D eigenvalue weighted by atomic mass is 32.1. The van der Waals surface area contributed by atoms with Gasteiger partial charge in [0.25, 0.3) is 0 Å². The SMILES string of the molecule is CC1(C)c2c(-c3cccc(N(c4ccc(-c5ccccc5)cc4)c4ccc(-c5ccccc5)cc4)c3)cccc2-c2sc3ccccc3c21. The fraction of sp³-hybridized carbons (Fsp3) is 0.0638. The van der Waals surface area contributed by atoms with E-state index in [0.717, 1.165) is 17.1 Å². The molecule has 1 heterocycles. The number of benzene rings is 7. The Morgan fingerprint density at radius 1 is 0.408 bits per heavy atom. The third-order valence-corrected chi connectivity index (χ3v) is 11.2. The lowest BCUT2D eigenvalue weighted by molar-refractivity contribution is 0.669. The Morgan fingerprint density at radius 2 is 0.918 bits per heavy atom. The van der Waals surface area contributed by atoms with E-state index in [1.54, 1.807) is 0 Å². The van der Waals surface area contributed by atoms with Gasteiger partial charge in [-0.05, 0) is 97.9 Å². The van der Waals surface area contributed by atoms with Crippen molar-refractivity contribution in [1.82, 2.24) is 0 Å². The van der Waals surface area contributed by atoms with Gasteiger partial charge in [0.2, 0.25) is 0 Å². The van der Waals surface area contributed by atoms with E-state index in [1.807, 2.05) is 11.3 Å². The highest BCUT2D eigenvalue weighted by molar-refractivity contribution is 7.22. The molecular formula is C47H35NS. The van der Waals surface area contributed by atoms with Crippen molar-refractivity contribution in [2.75, 3.05) is 4.90 Å². The van der Waals surface area contributed by atoms with Crippen LogP contribution in [0.1, 0.15) is 25.0 Å². The largest absolute Gasteiger partial charge is 0.310 e. The van der Waals surface area contributed by atoms with Gasteiger partial charge in [0.15, 0.2) is 0 Å². The molecule has 7 aromatic carbocycles. The topological polar surface area (TPSA) is 3.24 Å². The number of rotatable bonds is 6. The van der Waals surface area contributed by atoms with Crippen molar-refractivity contribution in [3.63, 3.8) is 0 Å². The fourth-order valence-corrected chi connectivity index (χ4v) is 9.16. The number of fused-ring (bicyclic) bond motifs is 5. The molecule has 0 saturated carbocycles. The summed E-state index contributed by atoms with van der Waals surface area (Å²) in [5.41, 5.74) is 14.9. The van der Waals surface area contributed by atoms with Crippen molar-refractivity contribution >= 4 is 38.5 Å². The first-order valence-electron chi connectivity index (χ1n) is 16.9. The Kier molecular flexibility index (Phi) is 7.07. The Bertz CT molecular complexity index is 2350. The lowest BCUT2D eigenvalue weighted by Gasteiger charge is -2.28. The normalized spacial score (nSPS) is 12.9. The van der Waals surface area contributed by atoms with Crippen molar-refractivity contribution in [3.8, 4) is 43.8 Å². The third-order valence-electron chi connectivity index (χ3n) is 10.0. The summed E-state index contributed by atoms with van der Waals surface area (Å²) in [6.07, 6.45) is 0. The molecule has 0 N–H and O–H groups in total. The predicted octanol–water partition coefficient (Wildman–Crippen LogP) is 13.7. The minimum absolute atomic E-state index is 0.114. The van der Waals surface area contributed by atoms with Gasteiger partial charge in [-0.2, -0.15) is 0 Å². The van der Waals surface area contributed by atoms with Crippen molar-refractivity contribution < 1.29 is 0 Å². The molecule has 2 heteroatoms. The van der Waals surface area contributed by atoms with Crippen LogP contribution in [-0.4, -0.2) is 0 Å². The van der Waals surface area contributed by atoms with E-state index < -0.39 is 0 Å². The average molecular weight is 646 g/mol. The molecule has 1 nitrogen and oxygen atoms in total. The molecule has 49 heavy (non-hydrogen) atoms. The molecule has 0 atom stereocenters. The maximum atomic E-state index is 2.40. The van der Waals surface area contributed by atoms with E-state index in [0.29, 0.717) is 0 Å². The maximum Gasteiger partial charge on any atom is 0.0467 e. The number of thiophene rings is 1. The molecule has 0 unspecified atom stereocenters. The molecule has 0 radical (unpaired) electrons. The number of anilines is 3. The van der Waals surface area contributed by atoms with E-state index in [1.165, 1.54) is 65.0 Å². The highest BCUT2D eigenvalue weighted by Crippen LogP contribution is 2.57. The van der Waals surface area contributed by atoms with Crippen LogP contribution < -0.4 is 4.90 Å². The van der Waals surface area contributed by atoms with Gasteiger partial charge in [-0.25, -0.2) is 0 Å². The molecular weight excluding hydrogens is 611 g/mol. The maximum absolute atomic E-state index is 2.40. The smallest absolute Gasteiger partial charge is 0.0467 e. The van der Waals surface area contributed by atoms with Crippen LogP contribution in [0.2, 0.25) is 0 Å². The van der Waals surface area contributed by atoms with Crippen LogP contribution in [0.5, 0.6) is 0 Å². The molecule has 9 rings (SSSR count). The first kappa shape index (κ1) is 29.4. The molecule has 0 fully saturated rings. The molecule has 0 aliphatic heterocycles. The Morgan fingerprint density at radius 3 is 1.55 bits per heavy atom. The monoisotopic (exact) mass is 645 g/mol. The Hall–Kier alpha value is -5.70. The molecule has 0 spiro atoms. The van der Waals surface area contributed by atoms with Crippen molar-refractivity contribution in [1.29, 1.82) is 0 Å². The summed E-state index contributed by atoms with van der Waals surface area (Å²) in [6.45, 7) is 4.80. The van der Waals surface area contributed by atoms with E-state index >= 15 is 0 Å². The van der Waals surface area contributed by atoms with Crippen LogP contribution in [0.3, 0.4) is 0 Å². The zero-order valence-electron chi connectivity index (χ0n) is 27.6. The van der Waals surface area contributed by atoms with Gasteiger partial charge in [-0.3, -0.25) is 0 Å². The molecule has 0 saturated heterocycles. The lowest BCUT2D eigenvalue weighted by atomic mass is 9.78. The van der Waals surface area contributed by atoms with Crippen molar-refractivity contribution in [3.05, 3.63) is 187 Å². The lowest BCUT2D eigenvalue weighted by Crippen LogP contribution is -2.16. The summed E-state index contributed by atoms with van der Waals surface area (Å²) in [4.78, 5) is 3.80. The molecule has 8 aromatic rings. The standard InChI is InChI=1S/C47H35NS/c1-47(2)44-40(20-12-21-42(44)46-45(47)41-19-9-10-22-43(41)49-46)36-17-11-18-39(31-36)48(37-27-23-34(24-28-37)32-13-5-3-6-14-32)38-29-25-35(26-30-38)33-15-7-4-8-16-33/h3-31H,1-2H3. The molecule has 0 amide bonds. The van der Waals surface area contributed by atoms with E-state index in [2.05, 4.69) is 195 Å². The molecule has 234 valence electrons. The second-order valence-electron chi connectivity index (χ2n) is 13.4. The summed E-state index contributed by atoms with van der Waals surface area (Å²) < 4.78 is 1.37. The molecule has 1 aromatic heterocycles. The summed E-state index contributed by atoms with van der Waals surface area (Å²) in [6, 6.07) is 63.9. The van der Waals surface area contributed by atoms with Crippen LogP contribution in [0.15, 0.2) is 176 Å². The van der Waals surface area contributed by atoms with Gasteiger partial charge >= 0.3 is 0 Å². The second kappa shape index (κ2) is 11.8. The summed E-state index contributed by atoms with van der Waals surface area (Å²) in [5.74, 6) is 0. The van der Waals surface area contributed by atoms with Crippen molar-refractivity contribution in [2.24, 2.45) is 0 Å². The van der Waals surface area contributed by atoms with E-state index in [9.17, 15) is 0 Å². The molecule has 1 aliphatic rings. The average Bonchev–Trinajstić information content (AvgIpc) is 3.66.